The molecule has 0 atom stereocenters. The zero-order valence-electron chi connectivity index (χ0n) is 25.1. The Morgan fingerprint density at radius 1 is 0.667 bits per heavy atom. The van der Waals surface area contributed by atoms with Crippen molar-refractivity contribution in [2.75, 3.05) is 52.4 Å². The van der Waals surface area contributed by atoms with Gasteiger partial charge in [-0.3, -0.25) is 24.2 Å². The standard InChI is InChI=1S/C27H54N8O4/c1-26(2,3)23(38)32-17-9-19-35(20-10-18-33-24(39)27(4,5)6)22(37)12-11-21(36)31-15-7-13-30-14-8-16-34-25(28)29/h30H,7-20H2,1-6H3,(H,31,36)(H,32,38)(H,33,39)(H4,28,29,34). The third kappa shape index (κ3) is 19.8. The van der Waals surface area contributed by atoms with Gasteiger partial charge in [0.05, 0.1) is 0 Å². The van der Waals surface area contributed by atoms with E-state index in [1.807, 2.05) is 41.5 Å². The van der Waals surface area contributed by atoms with Crippen molar-refractivity contribution in [2.45, 2.75) is 80.1 Å². The lowest BCUT2D eigenvalue weighted by Crippen LogP contribution is -2.40. The van der Waals surface area contributed by atoms with Gasteiger partial charge in [-0.05, 0) is 38.8 Å². The highest BCUT2D eigenvalue weighted by Gasteiger charge is 2.22. The Hall–Kier alpha value is -2.89. The van der Waals surface area contributed by atoms with Gasteiger partial charge in [0, 0.05) is 62.9 Å². The van der Waals surface area contributed by atoms with Crippen molar-refractivity contribution in [1.29, 1.82) is 0 Å². The average Bonchev–Trinajstić information content (AvgIpc) is 2.83. The lowest BCUT2D eigenvalue weighted by Gasteiger charge is -2.24. The predicted octanol–water partition coefficient (Wildman–Crippen LogP) is 0.459. The number of nitrogens with zero attached hydrogens (tertiary/aromatic N) is 2. The highest BCUT2D eigenvalue weighted by atomic mass is 16.2. The second-order valence-corrected chi connectivity index (χ2v) is 11.7. The van der Waals surface area contributed by atoms with E-state index in [9.17, 15) is 19.2 Å². The van der Waals surface area contributed by atoms with Crippen molar-refractivity contribution in [1.82, 2.24) is 26.2 Å². The van der Waals surface area contributed by atoms with Crippen LogP contribution in [0.4, 0.5) is 0 Å². The van der Waals surface area contributed by atoms with E-state index in [0.29, 0.717) is 52.1 Å². The molecule has 0 radical (unpaired) electrons. The quantitative estimate of drug-likeness (QED) is 0.0761. The summed E-state index contributed by atoms with van der Waals surface area (Å²) in [6.45, 7) is 15.6. The van der Waals surface area contributed by atoms with Gasteiger partial charge in [-0.25, -0.2) is 0 Å². The maximum Gasteiger partial charge on any atom is 0.225 e. The number of carbonyl (C=O) groups excluding carboxylic acids is 4. The molecule has 0 saturated carbocycles. The SMILES string of the molecule is CC(C)(C)C(=O)NCCCN(CCCNC(=O)C(C)(C)C)C(=O)CCC(=O)NCCCNCCCN=C(N)N. The molecule has 226 valence electrons. The summed E-state index contributed by atoms with van der Waals surface area (Å²) < 4.78 is 0. The van der Waals surface area contributed by atoms with Crippen LogP contribution < -0.4 is 32.7 Å². The molecule has 0 aliphatic carbocycles. The summed E-state index contributed by atoms with van der Waals surface area (Å²) >= 11 is 0. The molecule has 0 unspecified atom stereocenters. The second-order valence-electron chi connectivity index (χ2n) is 11.7. The van der Waals surface area contributed by atoms with E-state index in [2.05, 4.69) is 26.3 Å². The minimum absolute atomic E-state index is 0.0388. The monoisotopic (exact) mass is 554 g/mol. The first kappa shape index (κ1) is 36.1. The van der Waals surface area contributed by atoms with Gasteiger partial charge in [0.2, 0.25) is 23.6 Å². The number of hydrogen-bond acceptors (Lipinski definition) is 6. The first-order valence-electron chi connectivity index (χ1n) is 14.0. The predicted molar refractivity (Wildman–Crippen MR) is 156 cm³/mol. The molecule has 0 aromatic carbocycles. The van der Waals surface area contributed by atoms with Crippen LogP contribution in [-0.4, -0.2) is 86.8 Å². The smallest absolute Gasteiger partial charge is 0.225 e. The van der Waals surface area contributed by atoms with Gasteiger partial charge in [0.15, 0.2) is 5.96 Å². The first-order valence-corrected chi connectivity index (χ1v) is 14.0. The first-order chi connectivity index (χ1) is 18.1. The highest BCUT2D eigenvalue weighted by molar-refractivity contribution is 5.84. The Balaban J connectivity index is 4.46. The minimum Gasteiger partial charge on any atom is -0.370 e. The van der Waals surface area contributed by atoms with E-state index >= 15 is 0 Å². The number of guanidine groups is 1. The number of amides is 4. The summed E-state index contributed by atoms with van der Waals surface area (Å²) in [4.78, 5) is 54.9. The van der Waals surface area contributed by atoms with Gasteiger partial charge in [0.25, 0.3) is 0 Å². The van der Waals surface area contributed by atoms with Crippen molar-refractivity contribution in [3.8, 4) is 0 Å². The molecule has 12 nitrogen and oxygen atoms in total. The van der Waals surface area contributed by atoms with Crippen molar-refractivity contribution in [3.05, 3.63) is 0 Å². The van der Waals surface area contributed by atoms with Crippen molar-refractivity contribution < 1.29 is 19.2 Å². The minimum atomic E-state index is -0.473. The number of nitrogens with two attached hydrogens (primary N) is 2. The summed E-state index contributed by atoms with van der Waals surface area (Å²) in [5.74, 6) is -0.262. The molecule has 0 heterocycles. The van der Waals surface area contributed by atoms with E-state index in [4.69, 9.17) is 11.5 Å². The molecule has 0 aromatic heterocycles. The van der Waals surface area contributed by atoms with Crippen molar-refractivity contribution in [3.63, 3.8) is 0 Å². The Morgan fingerprint density at radius 3 is 1.64 bits per heavy atom. The summed E-state index contributed by atoms with van der Waals surface area (Å²) in [5, 5.41) is 11.9. The zero-order valence-corrected chi connectivity index (χ0v) is 25.1. The molecule has 0 saturated heterocycles. The Kier molecular flexibility index (Phi) is 17.8. The Bertz CT molecular complexity index is 750. The lowest BCUT2D eigenvalue weighted by molar-refractivity contribution is -0.133. The molecule has 4 amide bonds. The van der Waals surface area contributed by atoms with E-state index in [-0.39, 0.29) is 42.4 Å². The fourth-order valence-electron chi connectivity index (χ4n) is 3.28. The summed E-state index contributed by atoms with van der Waals surface area (Å²) in [7, 11) is 0. The van der Waals surface area contributed by atoms with Crippen LogP contribution in [0.3, 0.4) is 0 Å². The maximum atomic E-state index is 12.9. The molecule has 0 spiro atoms. The largest absolute Gasteiger partial charge is 0.370 e. The van der Waals surface area contributed by atoms with Crippen LogP contribution in [0.1, 0.15) is 80.1 Å². The molecule has 0 rings (SSSR count). The van der Waals surface area contributed by atoms with Crippen LogP contribution in [-0.2, 0) is 19.2 Å². The van der Waals surface area contributed by atoms with Gasteiger partial charge in [-0.1, -0.05) is 41.5 Å². The number of rotatable bonds is 19. The average molecular weight is 555 g/mol. The number of aliphatic imine (C=N–C) groups is 1. The van der Waals surface area contributed by atoms with Crippen molar-refractivity contribution in [2.24, 2.45) is 27.3 Å². The number of nitrogens with one attached hydrogen (secondary N) is 4. The molecule has 12 heteroatoms. The molecule has 0 aromatic rings. The van der Waals surface area contributed by atoms with Crippen LogP contribution in [0.2, 0.25) is 0 Å². The summed E-state index contributed by atoms with van der Waals surface area (Å²) in [5.41, 5.74) is 9.61. The zero-order chi connectivity index (χ0) is 29.9. The Labute approximate surface area is 234 Å². The maximum absolute atomic E-state index is 12.9. The van der Waals surface area contributed by atoms with Gasteiger partial charge < -0.3 is 37.6 Å². The topological polar surface area (TPSA) is 184 Å². The van der Waals surface area contributed by atoms with Crippen LogP contribution in [0, 0.1) is 10.8 Å². The molecular weight excluding hydrogens is 500 g/mol. The lowest BCUT2D eigenvalue weighted by atomic mass is 9.96. The van der Waals surface area contributed by atoms with E-state index in [1.54, 1.807) is 4.90 Å². The van der Waals surface area contributed by atoms with Gasteiger partial charge in [0.1, 0.15) is 0 Å². The molecular formula is C27H54N8O4. The molecule has 0 fully saturated rings. The van der Waals surface area contributed by atoms with E-state index in [1.165, 1.54) is 0 Å². The molecule has 0 aliphatic rings. The summed E-state index contributed by atoms with van der Waals surface area (Å²) in [6.07, 6.45) is 3.03. The van der Waals surface area contributed by atoms with E-state index in [0.717, 1.165) is 25.9 Å². The van der Waals surface area contributed by atoms with Crippen LogP contribution in [0.15, 0.2) is 4.99 Å². The number of carbonyl (C=O) groups is 4. The molecule has 39 heavy (non-hydrogen) atoms. The second kappa shape index (κ2) is 19.2. The molecule has 8 N–H and O–H groups in total. The van der Waals surface area contributed by atoms with Crippen LogP contribution >= 0.6 is 0 Å². The van der Waals surface area contributed by atoms with Crippen molar-refractivity contribution >= 4 is 29.6 Å². The number of hydrogen-bond donors (Lipinski definition) is 6. The summed E-state index contributed by atoms with van der Waals surface area (Å²) in [6, 6.07) is 0. The Morgan fingerprint density at radius 2 is 1.15 bits per heavy atom. The normalized spacial score (nSPS) is 11.4. The van der Waals surface area contributed by atoms with Gasteiger partial charge in [-0.15, -0.1) is 0 Å². The fourth-order valence-corrected chi connectivity index (χ4v) is 3.28. The molecule has 0 bridgehead atoms. The highest BCUT2D eigenvalue weighted by Crippen LogP contribution is 2.13. The van der Waals surface area contributed by atoms with Gasteiger partial charge in [-0.2, -0.15) is 0 Å². The van der Waals surface area contributed by atoms with Crippen LogP contribution in [0.25, 0.3) is 0 Å². The van der Waals surface area contributed by atoms with E-state index < -0.39 is 10.8 Å². The van der Waals surface area contributed by atoms with Crippen LogP contribution in [0.5, 0.6) is 0 Å². The fraction of sp³-hybridized carbons (Fsp3) is 0.815. The third-order valence-corrected chi connectivity index (χ3v) is 5.72. The third-order valence-electron chi connectivity index (χ3n) is 5.72. The van der Waals surface area contributed by atoms with Gasteiger partial charge >= 0.3 is 0 Å². The molecule has 0 aliphatic heterocycles.